The van der Waals surface area contributed by atoms with Gasteiger partial charge in [-0.2, -0.15) is 0 Å². The normalized spacial score (nSPS) is 13.8. The number of carboxylic acid groups (broad SMARTS) is 1. The van der Waals surface area contributed by atoms with Crippen molar-refractivity contribution in [1.82, 2.24) is 9.88 Å². The van der Waals surface area contributed by atoms with Crippen LogP contribution in [0.5, 0.6) is 5.75 Å². The Balaban J connectivity index is 1.77. The number of carbonyl (C=O) groups excluding carboxylic acids is 1. The van der Waals surface area contributed by atoms with Crippen LogP contribution in [0.2, 0.25) is 0 Å². The molecule has 7 nitrogen and oxygen atoms in total. The van der Waals surface area contributed by atoms with Crippen molar-refractivity contribution in [2.45, 2.75) is 26.3 Å². The quantitative estimate of drug-likeness (QED) is 0.564. The number of pyridine rings is 1. The number of likely N-dealkylation sites (N-methyl/N-ethyl adjacent to an activating group) is 1. The van der Waals surface area contributed by atoms with E-state index in [1.165, 1.54) is 18.2 Å². The lowest BCUT2D eigenvalue weighted by molar-refractivity contribution is -0.136. The summed E-state index contributed by atoms with van der Waals surface area (Å²) in [7, 11) is 0. The fraction of sp³-hybridized carbons (Fsp3) is 0.261. The maximum absolute atomic E-state index is 13.4. The number of aromatic hydroxyl groups is 1. The van der Waals surface area contributed by atoms with E-state index >= 15 is 0 Å². The monoisotopic (exact) mass is 405 g/mol. The molecule has 0 saturated heterocycles. The van der Waals surface area contributed by atoms with E-state index in [4.69, 9.17) is 10.1 Å². The number of amides is 1. The number of hydrogen-bond donors (Lipinski definition) is 3. The first-order valence-electron chi connectivity index (χ1n) is 9.94. The van der Waals surface area contributed by atoms with Gasteiger partial charge in [-0.15, -0.1) is 0 Å². The van der Waals surface area contributed by atoms with Crippen LogP contribution < -0.4 is 5.32 Å². The van der Waals surface area contributed by atoms with Gasteiger partial charge in [0.05, 0.1) is 23.2 Å². The van der Waals surface area contributed by atoms with Gasteiger partial charge in [-0.05, 0) is 30.3 Å². The summed E-state index contributed by atoms with van der Waals surface area (Å²) in [6, 6.07) is 12.0. The van der Waals surface area contributed by atoms with Gasteiger partial charge < -0.3 is 15.5 Å². The number of aromatic nitrogens is 1. The molecule has 4 rings (SSSR count). The van der Waals surface area contributed by atoms with Crippen LogP contribution in [0.4, 0.5) is 5.69 Å². The Labute approximate surface area is 174 Å². The number of rotatable bonds is 5. The second-order valence-corrected chi connectivity index (χ2v) is 7.42. The molecule has 1 aliphatic heterocycles. The molecule has 0 fully saturated rings. The average Bonchev–Trinajstić information content (AvgIpc) is 2.73. The van der Waals surface area contributed by atoms with E-state index in [0.717, 1.165) is 41.7 Å². The highest BCUT2D eigenvalue weighted by molar-refractivity contribution is 6.14. The number of aliphatic carboxylic acids is 1. The fourth-order valence-corrected chi connectivity index (χ4v) is 3.93. The van der Waals surface area contributed by atoms with E-state index in [9.17, 15) is 14.7 Å². The van der Waals surface area contributed by atoms with Gasteiger partial charge in [-0.3, -0.25) is 19.5 Å². The minimum Gasteiger partial charge on any atom is -0.506 e. The first-order valence-corrected chi connectivity index (χ1v) is 9.94. The van der Waals surface area contributed by atoms with Gasteiger partial charge in [0, 0.05) is 36.2 Å². The van der Waals surface area contributed by atoms with Crippen molar-refractivity contribution in [3.8, 4) is 5.75 Å². The topological polar surface area (TPSA) is 103 Å². The number of phenolic OH excluding ortho intramolecular Hbond substituents is 1. The van der Waals surface area contributed by atoms with Crippen molar-refractivity contribution >= 4 is 28.5 Å². The van der Waals surface area contributed by atoms with Crippen LogP contribution in [-0.4, -0.2) is 45.1 Å². The van der Waals surface area contributed by atoms with Gasteiger partial charge >= 0.3 is 5.97 Å². The largest absolute Gasteiger partial charge is 0.506 e. The number of hydrogen-bond acceptors (Lipinski definition) is 5. The summed E-state index contributed by atoms with van der Waals surface area (Å²) in [6.45, 7) is 4.50. The summed E-state index contributed by atoms with van der Waals surface area (Å²) in [5, 5.41) is 22.8. The second kappa shape index (κ2) is 8.12. The molecule has 0 bridgehead atoms. The molecule has 0 spiro atoms. The minimum atomic E-state index is -0.980. The highest BCUT2D eigenvalue weighted by Crippen LogP contribution is 2.31. The van der Waals surface area contributed by atoms with Crippen LogP contribution >= 0.6 is 0 Å². The highest BCUT2D eigenvalue weighted by Gasteiger charge is 2.25. The summed E-state index contributed by atoms with van der Waals surface area (Å²) in [5.74, 6) is -1.43. The molecular formula is C23H23N3O4. The summed E-state index contributed by atoms with van der Waals surface area (Å²) < 4.78 is 0. The number of fused-ring (bicyclic) bond motifs is 2. The third-order valence-electron chi connectivity index (χ3n) is 5.46. The van der Waals surface area contributed by atoms with E-state index in [2.05, 4.69) is 17.1 Å². The van der Waals surface area contributed by atoms with Gasteiger partial charge in [0.1, 0.15) is 5.75 Å². The Hall–Kier alpha value is -3.45. The minimum absolute atomic E-state index is 0.111. The number of phenols is 1. The van der Waals surface area contributed by atoms with Gasteiger partial charge in [0.25, 0.3) is 5.91 Å². The molecule has 2 aromatic carbocycles. The lowest BCUT2D eigenvalue weighted by Crippen LogP contribution is -2.33. The SMILES string of the molecule is CCN1CCc2nc3ccccc3c(C(=O)Nc3cc(CC(=O)O)ccc3O)c2C1. The molecule has 0 unspecified atom stereocenters. The maximum Gasteiger partial charge on any atom is 0.307 e. The van der Waals surface area contributed by atoms with Crippen molar-refractivity contribution in [2.75, 3.05) is 18.4 Å². The van der Waals surface area contributed by atoms with E-state index < -0.39 is 5.97 Å². The number of nitrogens with zero attached hydrogens (tertiary/aromatic N) is 2. The number of nitrogens with one attached hydrogen (secondary N) is 1. The van der Waals surface area contributed by atoms with Crippen molar-refractivity contribution < 1.29 is 19.8 Å². The third-order valence-corrected chi connectivity index (χ3v) is 5.46. The number of benzene rings is 2. The van der Waals surface area contributed by atoms with Gasteiger partial charge in [-0.25, -0.2) is 0 Å². The number of carbonyl (C=O) groups is 2. The smallest absolute Gasteiger partial charge is 0.307 e. The molecule has 7 heteroatoms. The molecule has 3 N–H and O–H groups in total. The van der Waals surface area contributed by atoms with Gasteiger partial charge in [0.2, 0.25) is 0 Å². The standard InChI is InChI=1S/C23H23N3O4/c1-2-26-10-9-18-16(13-26)22(15-5-3-4-6-17(15)24-18)23(30)25-19-11-14(12-21(28)29)7-8-20(19)27/h3-8,11,27H,2,9-10,12-13H2,1H3,(H,25,30)(H,28,29). The molecule has 1 aromatic heterocycles. The zero-order chi connectivity index (χ0) is 21.3. The Kier molecular flexibility index (Phi) is 5.37. The Morgan fingerprint density at radius 2 is 2.00 bits per heavy atom. The van der Waals surface area contributed by atoms with E-state index in [1.54, 1.807) is 0 Å². The molecule has 0 aliphatic carbocycles. The third kappa shape index (κ3) is 3.84. The lowest BCUT2D eigenvalue weighted by Gasteiger charge is -2.29. The number of carboxylic acids is 1. The molecule has 154 valence electrons. The molecule has 3 aromatic rings. The summed E-state index contributed by atoms with van der Waals surface area (Å²) >= 11 is 0. The van der Waals surface area contributed by atoms with E-state index in [-0.39, 0.29) is 23.8 Å². The first kappa shape index (κ1) is 19.8. The molecular weight excluding hydrogens is 382 g/mol. The van der Waals surface area contributed by atoms with Crippen LogP contribution in [0.3, 0.4) is 0 Å². The van der Waals surface area contributed by atoms with Crippen LogP contribution in [-0.2, 0) is 24.2 Å². The fourth-order valence-electron chi connectivity index (χ4n) is 3.93. The molecule has 1 aliphatic rings. The molecule has 0 radical (unpaired) electrons. The lowest BCUT2D eigenvalue weighted by atomic mass is 9.95. The van der Waals surface area contributed by atoms with E-state index in [0.29, 0.717) is 17.7 Å². The first-order chi connectivity index (χ1) is 14.5. The average molecular weight is 405 g/mol. The van der Waals surface area contributed by atoms with E-state index in [1.807, 2.05) is 24.3 Å². The zero-order valence-electron chi connectivity index (χ0n) is 16.7. The summed E-state index contributed by atoms with van der Waals surface area (Å²) in [4.78, 5) is 31.5. The van der Waals surface area contributed by atoms with Crippen LogP contribution in [0, 0.1) is 0 Å². The number of anilines is 1. The second-order valence-electron chi connectivity index (χ2n) is 7.42. The maximum atomic E-state index is 13.4. The summed E-state index contributed by atoms with van der Waals surface area (Å²) in [5.41, 5.74) is 3.82. The molecule has 30 heavy (non-hydrogen) atoms. The van der Waals surface area contributed by atoms with Crippen LogP contribution in [0.25, 0.3) is 10.9 Å². The van der Waals surface area contributed by atoms with Crippen molar-refractivity contribution in [3.63, 3.8) is 0 Å². The highest BCUT2D eigenvalue weighted by atomic mass is 16.4. The summed E-state index contributed by atoms with van der Waals surface area (Å²) in [6.07, 6.45) is 0.579. The predicted octanol–water partition coefficient (Wildman–Crippen LogP) is 3.20. The molecule has 0 atom stereocenters. The van der Waals surface area contributed by atoms with Gasteiger partial charge in [-0.1, -0.05) is 31.2 Å². The van der Waals surface area contributed by atoms with Crippen molar-refractivity contribution in [3.05, 3.63) is 64.8 Å². The Bertz CT molecular complexity index is 1140. The van der Waals surface area contributed by atoms with Crippen LogP contribution in [0.15, 0.2) is 42.5 Å². The molecule has 0 saturated carbocycles. The van der Waals surface area contributed by atoms with Crippen molar-refractivity contribution in [2.24, 2.45) is 0 Å². The Morgan fingerprint density at radius 3 is 2.77 bits per heavy atom. The van der Waals surface area contributed by atoms with Crippen molar-refractivity contribution in [1.29, 1.82) is 0 Å². The molecule has 1 amide bonds. The zero-order valence-corrected chi connectivity index (χ0v) is 16.7. The number of para-hydroxylation sites is 1. The Morgan fingerprint density at radius 1 is 1.20 bits per heavy atom. The molecule has 2 heterocycles. The van der Waals surface area contributed by atoms with Gasteiger partial charge in [0.15, 0.2) is 0 Å². The van der Waals surface area contributed by atoms with Crippen LogP contribution in [0.1, 0.15) is 34.1 Å². The predicted molar refractivity (Wildman–Crippen MR) is 114 cm³/mol.